The fourth-order valence-electron chi connectivity index (χ4n) is 1.50. The zero-order chi connectivity index (χ0) is 13.5. The Morgan fingerprint density at radius 1 is 1.28 bits per heavy atom. The molecule has 0 amide bonds. The van der Waals surface area contributed by atoms with Gasteiger partial charge >= 0.3 is 0 Å². The van der Waals surface area contributed by atoms with Crippen molar-refractivity contribution in [3.8, 4) is 0 Å². The highest BCUT2D eigenvalue weighted by atomic mass is 35.5. The van der Waals surface area contributed by atoms with E-state index in [2.05, 4.69) is 29.1 Å². The van der Waals surface area contributed by atoms with E-state index < -0.39 is 0 Å². The Hall–Kier alpha value is -0.910. The quantitative estimate of drug-likeness (QED) is 0.773. The number of nitrogens with one attached hydrogen (secondary N) is 1. The monoisotopic (exact) mass is 273 g/mol. The zero-order valence-electron chi connectivity index (χ0n) is 11.2. The van der Waals surface area contributed by atoms with Gasteiger partial charge < -0.3 is 14.8 Å². The smallest absolute Gasteiger partial charge is 0.158 e. The van der Waals surface area contributed by atoms with Crippen molar-refractivity contribution < 1.29 is 9.47 Å². The number of methoxy groups -OCH3 is 2. The van der Waals surface area contributed by atoms with Crippen molar-refractivity contribution >= 4 is 17.4 Å². The van der Waals surface area contributed by atoms with Crippen LogP contribution in [0.2, 0.25) is 5.15 Å². The van der Waals surface area contributed by atoms with Gasteiger partial charge in [0.1, 0.15) is 17.6 Å². The van der Waals surface area contributed by atoms with E-state index in [4.69, 9.17) is 21.1 Å². The third kappa shape index (κ3) is 4.76. The summed E-state index contributed by atoms with van der Waals surface area (Å²) in [4.78, 5) is 8.42. The van der Waals surface area contributed by atoms with Crippen LogP contribution >= 0.6 is 11.6 Å². The average Bonchev–Trinajstić information content (AvgIpc) is 2.28. The molecule has 1 heterocycles. The van der Waals surface area contributed by atoms with E-state index in [-0.39, 0.29) is 6.04 Å². The van der Waals surface area contributed by atoms with E-state index in [1.54, 1.807) is 20.3 Å². The molecule has 0 spiro atoms. The van der Waals surface area contributed by atoms with Crippen molar-refractivity contribution in [2.75, 3.05) is 26.1 Å². The molecule has 0 saturated carbocycles. The van der Waals surface area contributed by atoms with E-state index in [9.17, 15) is 0 Å². The van der Waals surface area contributed by atoms with Crippen LogP contribution in [0.3, 0.4) is 0 Å². The summed E-state index contributed by atoms with van der Waals surface area (Å²) in [5.41, 5.74) is 0. The molecule has 5 nitrogen and oxygen atoms in total. The van der Waals surface area contributed by atoms with Crippen LogP contribution in [0.5, 0.6) is 0 Å². The SMILES string of the molecule is COCc1nc(Cl)cc(NC(COC)C(C)C)n1. The highest BCUT2D eigenvalue weighted by Gasteiger charge is 2.14. The molecule has 0 aliphatic carbocycles. The lowest BCUT2D eigenvalue weighted by Gasteiger charge is -2.22. The summed E-state index contributed by atoms with van der Waals surface area (Å²) in [7, 11) is 3.28. The summed E-state index contributed by atoms with van der Waals surface area (Å²) in [5.74, 6) is 1.68. The number of nitrogens with zero attached hydrogens (tertiary/aromatic N) is 2. The second-order valence-corrected chi connectivity index (χ2v) is 4.76. The van der Waals surface area contributed by atoms with Crippen molar-refractivity contribution in [2.24, 2.45) is 5.92 Å². The van der Waals surface area contributed by atoms with Crippen LogP contribution in [0.1, 0.15) is 19.7 Å². The van der Waals surface area contributed by atoms with Gasteiger partial charge in [0.15, 0.2) is 5.82 Å². The maximum atomic E-state index is 5.95. The summed E-state index contributed by atoms with van der Waals surface area (Å²) in [5, 5.41) is 3.71. The standard InChI is InChI=1S/C12H20ClN3O2/c1-8(2)9(6-17-3)14-11-5-10(13)15-12(16-11)7-18-4/h5,8-9H,6-7H2,1-4H3,(H,14,15,16). The van der Waals surface area contributed by atoms with Crippen molar-refractivity contribution in [3.63, 3.8) is 0 Å². The Labute approximate surface area is 113 Å². The van der Waals surface area contributed by atoms with Gasteiger partial charge in [-0.3, -0.25) is 0 Å². The van der Waals surface area contributed by atoms with Crippen molar-refractivity contribution in [3.05, 3.63) is 17.0 Å². The maximum absolute atomic E-state index is 5.95. The maximum Gasteiger partial charge on any atom is 0.158 e. The van der Waals surface area contributed by atoms with Gasteiger partial charge in [0.2, 0.25) is 0 Å². The van der Waals surface area contributed by atoms with Crippen LogP contribution in [0.25, 0.3) is 0 Å². The van der Waals surface area contributed by atoms with Crippen molar-refractivity contribution in [2.45, 2.75) is 26.5 Å². The van der Waals surface area contributed by atoms with Gasteiger partial charge in [-0.25, -0.2) is 9.97 Å². The Morgan fingerprint density at radius 3 is 2.56 bits per heavy atom. The molecule has 0 bridgehead atoms. The van der Waals surface area contributed by atoms with Gasteiger partial charge in [0.25, 0.3) is 0 Å². The first kappa shape index (κ1) is 15.1. The first-order chi connectivity index (χ1) is 8.56. The number of halogens is 1. The largest absolute Gasteiger partial charge is 0.383 e. The third-order valence-electron chi connectivity index (χ3n) is 2.50. The van der Waals surface area contributed by atoms with E-state index in [0.717, 1.165) is 0 Å². The minimum Gasteiger partial charge on any atom is -0.383 e. The van der Waals surface area contributed by atoms with E-state index >= 15 is 0 Å². The minimum atomic E-state index is 0.177. The molecule has 1 N–H and O–H groups in total. The van der Waals surface area contributed by atoms with E-state index in [1.165, 1.54) is 0 Å². The summed E-state index contributed by atoms with van der Waals surface area (Å²) in [6.45, 7) is 5.19. The molecule has 0 saturated heterocycles. The minimum absolute atomic E-state index is 0.177. The second-order valence-electron chi connectivity index (χ2n) is 4.38. The van der Waals surface area contributed by atoms with Crippen LogP contribution in [0, 0.1) is 5.92 Å². The second kappa shape index (κ2) is 7.51. The number of hydrogen-bond acceptors (Lipinski definition) is 5. The third-order valence-corrected chi connectivity index (χ3v) is 2.69. The number of ether oxygens (including phenoxy) is 2. The average molecular weight is 274 g/mol. The molecule has 0 aliphatic rings. The molecule has 0 radical (unpaired) electrons. The van der Waals surface area contributed by atoms with Crippen LogP contribution < -0.4 is 5.32 Å². The molecule has 6 heteroatoms. The Balaban J connectivity index is 2.81. The normalized spacial score (nSPS) is 12.8. The number of aromatic nitrogens is 2. The van der Waals surface area contributed by atoms with Gasteiger partial charge in [0, 0.05) is 20.3 Å². The summed E-state index contributed by atoms with van der Waals surface area (Å²) in [6, 6.07) is 1.88. The Kier molecular flexibility index (Phi) is 6.32. The van der Waals surface area contributed by atoms with Crippen LogP contribution in [0.4, 0.5) is 5.82 Å². The molecule has 1 unspecified atom stereocenters. The lowest BCUT2D eigenvalue weighted by Crippen LogP contribution is -2.31. The molecule has 0 aliphatic heterocycles. The molecule has 1 rings (SSSR count). The van der Waals surface area contributed by atoms with Gasteiger partial charge in [-0.2, -0.15) is 0 Å². The molecule has 102 valence electrons. The Bertz CT molecular complexity index is 374. The topological polar surface area (TPSA) is 56.3 Å². The molecule has 18 heavy (non-hydrogen) atoms. The highest BCUT2D eigenvalue weighted by Crippen LogP contribution is 2.15. The van der Waals surface area contributed by atoms with Crippen LogP contribution in [-0.4, -0.2) is 36.8 Å². The lowest BCUT2D eigenvalue weighted by molar-refractivity contribution is 0.170. The molecule has 0 fully saturated rings. The zero-order valence-corrected chi connectivity index (χ0v) is 12.0. The predicted molar refractivity (Wildman–Crippen MR) is 71.9 cm³/mol. The van der Waals surface area contributed by atoms with Gasteiger partial charge in [-0.15, -0.1) is 0 Å². The Morgan fingerprint density at radius 2 is 2.00 bits per heavy atom. The number of rotatable bonds is 7. The molecule has 0 aromatic carbocycles. The van der Waals surface area contributed by atoms with Crippen LogP contribution in [0.15, 0.2) is 6.07 Å². The van der Waals surface area contributed by atoms with Crippen molar-refractivity contribution in [1.82, 2.24) is 9.97 Å². The molecular weight excluding hydrogens is 254 g/mol. The van der Waals surface area contributed by atoms with E-state index in [1.807, 2.05) is 0 Å². The first-order valence-electron chi connectivity index (χ1n) is 5.84. The van der Waals surface area contributed by atoms with Gasteiger partial charge in [0.05, 0.1) is 12.6 Å². The van der Waals surface area contributed by atoms with Crippen LogP contribution in [-0.2, 0) is 16.1 Å². The fraction of sp³-hybridized carbons (Fsp3) is 0.667. The van der Waals surface area contributed by atoms with E-state index in [0.29, 0.717) is 35.9 Å². The molecular formula is C12H20ClN3O2. The predicted octanol–water partition coefficient (Wildman–Crippen LogP) is 2.36. The van der Waals surface area contributed by atoms with Crippen molar-refractivity contribution in [1.29, 1.82) is 0 Å². The fourth-order valence-corrected chi connectivity index (χ4v) is 1.70. The summed E-state index contributed by atoms with van der Waals surface area (Å²) in [6.07, 6.45) is 0. The summed E-state index contributed by atoms with van der Waals surface area (Å²) >= 11 is 5.95. The highest BCUT2D eigenvalue weighted by molar-refractivity contribution is 6.29. The lowest BCUT2D eigenvalue weighted by atomic mass is 10.1. The number of hydrogen-bond donors (Lipinski definition) is 1. The van der Waals surface area contributed by atoms with Gasteiger partial charge in [-0.1, -0.05) is 25.4 Å². The molecule has 1 atom stereocenters. The summed E-state index contributed by atoms with van der Waals surface area (Å²) < 4.78 is 10.2. The molecule has 1 aromatic rings. The van der Waals surface area contributed by atoms with Gasteiger partial charge in [-0.05, 0) is 5.92 Å². The first-order valence-corrected chi connectivity index (χ1v) is 6.22. The molecule has 1 aromatic heterocycles. The number of anilines is 1.